The second kappa shape index (κ2) is 9.13. The Hall–Kier alpha value is -3.33. The number of amides is 2. The van der Waals surface area contributed by atoms with E-state index in [0.29, 0.717) is 16.3 Å². The second-order valence-electron chi connectivity index (χ2n) is 9.94. The summed E-state index contributed by atoms with van der Waals surface area (Å²) in [4.78, 5) is 37.9. The molecule has 1 aromatic heterocycles. The molecule has 2 heterocycles. The number of hydrogen-bond acceptors (Lipinski definition) is 4. The van der Waals surface area contributed by atoms with Crippen LogP contribution in [-0.2, 0) is 27.9 Å². The molecule has 1 unspecified atom stereocenters. The molecule has 2 amide bonds. The van der Waals surface area contributed by atoms with Crippen LogP contribution in [0.1, 0.15) is 23.6 Å². The molecule has 2 N–H and O–H groups in total. The number of carbonyl (C=O) groups excluding carboxylic acids is 3. The molecule has 0 aliphatic carbocycles. The maximum absolute atomic E-state index is 14.8. The first-order chi connectivity index (χ1) is 16.0. The highest BCUT2D eigenvalue weighted by Gasteiger charge is 2.32. The monoisotopic (exact) mass is 480 g/mol. The maximum Gasteiger partial charge on any atom is 0.226 e. The van der Waals surface area contributed by atoms with Gasteiger partial charge < -0.3 is 10.6 Å². The number of fused-ring (bicyclic) bond motifs is 1. The van der Waals surface area contributed by atoms with Gasteiger partial charge in [-0.1, -0.05) is 37.8 Å². The van der Waals surface area contributed by atoms with Crippen molar-refractivity contribution < 1.29 is 18.8 Å². The molecule has 0 spiro atoms. The first-order valence-electron chi connectivity index (χ1n) is 11.3. The van der Waals surface area contributed by atoms with Crippen molar-refractivity contribution in [2.45, 2.75) is 38.5 Å². The van der Waals surface area contributed by atoms with Gasteiger partial charge >= 0.3 is 0 Å². The molecule has 1 aliphatic heterocycles. The van der Waals surface area contributed by atoms with Gasteiger partial charge in [0.15, 0.2) is 5.78 Å². The van der Waals surface area contributed by atoms with Crippen LogP contribution in [0.3, 0.4) is 0 Å². The fraction of sp³-hybridized carbons (Fsp3) is 0.360. The van der Waals surface area contributed by atoms with Crippen LogP contribution in [0.25, 0.3) is 10.9 Å². The first-order valence-corrected chi connectivity index (χ1v) is 14.8. The number of halogens is 1. The highest BCUT2D eigenvalue weighted by Crippen LogP contribution is 2.23. The summed E-state index contributed by atoms with van der Waals surface area (Å²) >= 11 is 0. The third kappa shape index (κ3) is 4.94. The molecule has 4 rings (SSSR count). The third-order valence-electron chi connectivity index (χ3n) is 6.28. The van der Waals surface area contributed by atoms with Crippen molar-refractivity contribution in [3.05, 3.63) is 59.5 Å². The van der Waals surface area contributed by atoms with Gasteiger partial charge in [0.2, 0.25) is 11.8 Å². The summed E-state index contributed by atoms with van der Waals surface area (Å²) in [6, 6.07) is 9.54. The smallest absolute Gasteiger partial charge is 0.226 e. The Kier molecular flexibility index (Phi) is 6.40. The van der Waals surface area contributed by atoms with E-state index in [1.165, 1.54) is 6.07 Å². The number of Topliss-reactive ketones (excluding diaryl/α,β-unsaturated/α-hetero) is 1. The number of hydrogen-bond donors (Lipinski definition) is 2. The van der Waals surface area contributed by atoms with Crippen LogP contribution in [0.15, 0.2) is 42.6 Å². The number of carbonyl (C=O) groups is 3. The molecule has 9 heteroatoms. The molecule has 7 nitrogen and oxygen atoms in total. The minimum Gasteiger partial charge on any atom is -0.355 e. The molecule has 2 atom stereocenters. The number of aromatic nitrogens is 2. The minimum atomic E-state index is -1.84. The number of nitrogens with one attached hydrogen (secondary N) is 2. The first kappa shape index (κ1) is 23.8. The Morgan fingerprint density at radius 3 is 2.65 bits per heavy atom. The summed E-state index contributed by atoms with van der Waals surface area (Å²) in [5.74, 6) is -1.62. The molecule has 1 saturated heterocycles. The Balaban J connectivity index is 1.62. The molecule has 34 heavy (non-hydrogen) atoms. The molecular weight excluding hydrogens is 451 g/mol. The van der Waals surface area contributed by atoms with Crippen molar-refractivity contribution in [1.82, 2.24) is 20.4 Å². The molecule has 1 fully saturated rings. The van der Waals surface area contributed by atoms with Gasteiger partial charge in [-0.15, -0.1) is 0 Å². The maximum atomic E-state index is 14.8. The lowest BCUT2D eigenvalue weighted by molar-refractivity contribution is -0.130. The fourth-order valence-electron chi connectivity index (χ4n) is 4.34. The summed E-state index contributed by atoms with van der Waals surface area (Å²) < 4.78 is 16.5. The topological polar surface area (TPSA) is 93.1 Å². The molecule has 0 saturated carbocycles. The van der Waals surface area contributed by atoms with Crippen LogP contribution < -0.4 is 15.8 Å². The number of benzene rings is 2. The SMILES string of the molecule is Cn1ncc2cc(C(NC(=O)[C@@H]3CNC(=O)C3)C(=O)Cc3ccc([Si](C)(C)C)c(F)c3)ccc21. The van der Waals surface area contributed by atoms with E-state index in [1.807, 2.05) is 19.2 Å². The Morgan fingerprint density at radius 1 is 1.24 bits per heavy atom. The van der Waals surface area contributed by atoms with E-state index in [-0.39, 0.29) is 42.8 Å². The molecule has 0 radical (unpaired) electrons. The van der Waals surface area contributed by atoms with Gasteiger partial charge in [0, 0.05) is 31.8 Å². The fourth-order valence-corrected chi connectivity index (χ4v) is 5.71. The van der Waals surface area contributed by atoms with Crippen molar-refractivity contribution in [3.8, 4) is 0 Å². The molecule has 178 valence electrons. The van der Waals surface area contributed by atoms with E-state index >= 15 is 0 Å². The van der Waals surface area contributed by atoms with Crippen molar-refractivity contribution in [2.75, 3.05) is 6.54 Å². The Labute approximate surface area is 198 Å². The van der Waals surface area contributed by atoms with Crippen LogP contribution in [0.4, 0.5) is 4.39 Å². The van der Waals surface area contributed by atoms with E-state index < -0.39 is 20.0 Å². The van der Waals surface area contributed by atoms with Gasteiger partial charge in [0.1, 0.15) is 11.9 Å². The van der Waals surface area contributed by atoms with Crippen molar-refractivity contribution in [1.29, 1.82) is 0 Å². The Morgan fingerprint density at radius 2 is 2.00 bits per heavy atom. The lowest BCUT2D eigenvalue weighted by Gasteiger charge is -2.21. The predicted octanol–water partition coefficient (Wildman–Crippen LogP) is 2.36. The van der Waals surface area contributed by atoms with Gasteiger partial charge in [0.05, 0.1) is 25.7 Å². The van der Waals surface area contributed by atoms with E-state index in [1.54, 1.807) is 29.1 Å². The van der Waals surface area contributed by atoms with Crippen LogP contribution in [0.2, 0.25) is 19.6 Å². The van der Waals surface area contributed by atoms with Crippen LogP contribution >= 0.6 is 0 Å². The quantitative estimate of drug-likeness (QED) is 0.508. The lowest BCUT2D eigenvalue weighted by atomic mass is 9.95. The predicted molar refractivity (Wildman–Crippen MR) is 131 cm³/mol. The van der Waals surface area contributed by atoms with Gasteiger partial charge in [-0.05, 0) is 34.5 Å². The summed E-state index contributed by atoms with van der Waals surface area (Å²) in [7, 11) is -0.0117. The summed E-state index contributed by atoms with van der Waals surface area (Å²) in [5.41, 5.74) is 2.08. The van der Waals surface area contributed by atoms with Gasteiger partial charge in [-0.25, -0.2) is 4.39 Å². The highest BCUT2D eigenvalue weighted by molar-refractivity contribution is 6.88. The summed E-state index contributed by atoms with van der Waals surface area (Å²) in [5, 5.41) is 11.3. The minimum absolute atomic E-state index is 0.0270. The van der Waals surface area contributed by atoms with Gasteiger partial charge in [-0.3, -0.25) is 19.1 Å². The molecule has 0 bridgehead atoms. The van der Waals surface area contributed by atoms with Gasteiger partial charge in [0.25, 0.3) is 0 Å². The molecule has 3 aromatic rings. The van der Waals surface area contributed by atoms with E-state index in [2.05, 4.69) is 35.4 Å². The van der Waals surface area contributed by atoms with E-state index in [4.69, 9.17) is 0 Å². The average Bonchev–Trinajstić information content (AvgIpc) is 3.36. The molecular formula is C25H29FN4O3Si. The van der Waals surface area contributed by atoms with E-state index in [9.17, 15) is 18.8 Å². The van der Waals surface area contributed by atoms with Crippen molar-refractivity contribution >= 4 is 41.8 Å². The normalized spacial score (nSPS) is 17.0. The van der Waals surface area contributed by atoms with Crippen LogP contribution in [0, 0.1) is 11.7 Å². The number of rotatable bonds is 7. The molecule has 1 aliphatic rings. The average molecular weight is 481 g/mol. The zero-order valence-corrected chi connectivity index (χ0v) is 20.8. The van der Waals surface area contributed by atoms with E-state index in [0.717, 1.165) is 10.9 Å². The highest BCUT2D eigenvalue weighted by atomic mass is 28.3. The zero-order chi connectivity index (χ0) is 24.6. The standard InChI is InChI=1S/C25H29FN4O3Si/c1-30-20-7-6-16(11-17(20)14-28-30)24(29-25(33)18-12-23(32)27-13-18)21(31)10-15-5-8-22(19(26)9-15)34(2,3)4/h5-9,11,14,18,24H,10,12-13H2,1-4H3,(H,27,32)(H,29,33)/t18-,24?/m0/s1. The third-order valence-corrected chi connectivity index (χ3v) is 8.30. The van der Waals surface area contributed by atoms with Crippen molar-refractivity contribution in [3.63, 3.8) is 0 Å². The summed E-state index contributed by atoms with van der Waals surface area (Å²) in [6.07, 6.45) is 1.77. The number of ketones is 1. The van der Waals surface area contributed by atoms with Crippen LogP contribution in [-0.4, -0.2) is 42.0 Å². The number of aryl methyl sites for hydroxylation is 1. The zero-order valence-electron chi connectivity index (χ0n) is 19.8. The van der Waals surface area contributed by atoms with Gasteiger partial charge in [-0.2, -0.15) is 5.10 Å². The Bertz CT molecular complexity index is 1280. The lowest BCUT2D eigenvalue weighted by Crippen LogP contribution is -2.40. The summed E-state index contributed by atoms with van der Waals surface area (Å²) in [6.45, 7) is 6.45. The van der Waals surface area contributed by atoms with Crippen molar-refractivity contribution in [2.24, 2.45) is 13.0 Å². The molecule has 2 aromatic carbocycles. The second-order valence-corrected chi connectivity index (χ2v) is 15.0. The largest absolute Gasteiger partial charge is 0.355 e. The number of nitrogens with zero attached hydrogens (tertiary/aromatic N) is 2. The van der Waals surface area contributed by atoms with Crippen LogP contribution in [0.5, 0.6) is 0 Å².